The molecule has 0 saturated heterocycles. The first kappa shape index (κ1) is 13.7. The predicted octanol–water partition coefficient (Wildman–Crippen LogP) is 2.42. The number of nitrogens with one attached hydrogen (secondary N) is 1. The first-order valence-corrected chi connectivity index (χ1v) is 8.38. The summed E-state index contributed by atoms with van der Waals surface area (Å²) in [5.74, 6) is -0.641. The van der Waals surface area contributed by atoms with Crippen molar-refractivity contribution in [1.82, 2.24) is 9.71 Å². The molecular weight excluding hydrogens is 308 g/mol. The topological polar surface area (TPSA) is 76.1 Å². The fourth-order valence-electron chi connectivity index (χ4n) is 1.93. The quantitative estimate of drug-likeness (QED) is 0.804. The number of fused-ring (bicyclic) bond motifs is 1. The Bertz CT molecular complexity index is 898. The van der Waals surface area contributed by atoms with E-state index in [-0.39, 0.29) is 4.90 Å². The third-order valence-corrected chi connectivity index (χ3v) is 5.09. The van der Waals surface area contributed by atoms with Gasteiger partial charge in [0, 0.05) is 11.6 Å². The maximum atomic E-state index is 12.4. The van der Waals surface area contributed by atoms with Gasteiger partial charge in [-0.2, -0.15) is 0 Å². The van der Waals surface area contributed by atoms with Crippen LogP contribution in [-0.4, -0.2) is 19.3 Å². The number of rotatable bonds is 3. The third kappa shape index (κ3) is 2.65. The van der Waals surface area contributed by atoms with Crippen LogP contribution < -0.4 is 4.72 Å². The summed E-state index contributed by atoms with van der Waals surface area (Å²) in [5, 5.41) is 2.41. The summed E-state index contributed by atoms with van der Waals surface area (Å²) in [6, 6.07) is 11.6. The molecule has 0 saturated carbocycles. The Hall–Kier alpha value is -2.25. The van der Waals surface area contributed by atoms with Crippen LogP contribution in [0, 0.1) is 0 Å². The van der Waals surface area contributed by atoms with E-state index in [2.05, 4.69) is 9.71 Å². The van der Waals surface area contributed by atoms with Crippen molar-refractivity contribution in [2.24, 2.45) is 0 Å². The Balaban J connectivity index is 2.03. The molecule has 0 spiro atoms. The van der Waals surface area contributed by atoms with Crippen LogP contribution in [0.3, 0.4) is 0 Å². The van der Waals surface area contributed by atoms with Gasteiger partial charge in [-0.25, -0.2) is 13.1 Å². The van der Waals surface area contributed by atoms with Crippen molar-refractivity contribution in [2.75, 3.05) is 0 Å². The number of benzene rings is 1. The minimum atomic E-state index is -3.97. The fraction of sp³-hybridized carbons (Fsp3) is 0. The van der Waals surface area contributed by atoms with Crippen molar-refractivity contribution in [3.63, 3.8) is 0 Å². The van der Waals surface area contributed by atoms with Crippen molar-refractivity contribution in [1.29, 1.82) is 0 Å². The van der Waals surface area contributed by atoms with E-state index in [1.54, 1.807) is 41.8 Å². The van der Waals surface area contributed by atoms with Crippen LogP contribution in [0.4, 0.5) is 0 Å². The van der Waals surface area contributed by atoms with E-state index in [1.807, 2.05) is 0 Å². The molecule has 0 aliphatic carbocycles. The normalized spacial score (nSPS) is 11.4. The smallest absolute Gasteiger partial charge is 0.267 e. The second-order valence-electron chi connectivity index (χ2n) is 4.24. The third-order valence-electron chi connectivity index (χ3n) is 2.86. The summed E-state index contributed by atoms with van der Waals surface area (Å²) in [7, 11) is -3.97. The van der Waals surface area contributed by atoms with E-state index in [1.165, 1.54) is 23.6 Å². The van der Waals surface area contributed by atoms with Gasteiger partial charge in [-0.3, -0.25) is 9.78 Å². The number of aromatic nitrogens is 1. The standard InChI is InChI=1S/C14H10N2O3S2/c17-14(11-6-3-9-20-11)16-21(18,19)12-7-1-4-10-5-2-8-15-13(10)12/h1-9H,(H,16,17). The number of sulfonamides is 1. The summed E-state index contributed by atoms with van der Waals surface area (Å²) in [5.41, 5.74) is 0.339. The molecular formula is C14H10N2O3S2. The molecule has 5 nitrogen and oxygen atoms in total. The van der Waals surface area contributed by atoms with Crippen LogP contribution in [0.15, 0.2) is 58.9 Å². The van der Waals surface area contributed by atoms with Crippen LogP contribution in [0.25, 0.3) is 10.9 Å². The predicted molar refractivity (Wildman–Crippen MR) is 80.7 cm³/mol. The molecule has 0 unspecified atom stereocenters. The average Bonchev–Trinajstić information content (AvgIpc) is 3.00. The van der Waals surface area contributed by atoms with Crippen LogP contribution >= 0.6 is 11.3 Å². The minimum Gasteiger partial charge on any atom is -0.267 e. The van der Waals surface area contributed by atoms with Crippen molar-refractivity contribution < 1.29 is 13.2 Å². The van der Waals surface area contributed by atoms with Gasteiger partial charge in [-0.05, 0) is 23.6 Å². The Labute approximate surface area is 125 Å². The number of amides is 1. The van der Waals surface area contributed by atoms with Crippen molar-refractivity contribution in [3.8, 4) is 0 Å². The lowest BCUT2D eigenvalue weighted by Gasteiger charge is -2.08. The summed E-state index contributed by atoms with van der Waals surface area (Å²) < 4.78 is 26.8. The molecule has 0 fully saturated rings. The lowest BCUT2D eigenvalue weighted by molar-refractivity contribution is 0.0985. The van der Waals surface area contributed by atoms with Gasteiger partial charge >= 0.3 is 0 Å². The van der Waals surface area contributed by atoms with E-state index in [4.69, 9.17) is 0 Å². The molecule has 1 aromatic carbocycles. The van der Waals surface area contributed by atoms with Crippen LogP contribution in [0.2, 0.25) is 0 Å². The monoisotopic (exact) mass is 318 g/mol. The number of pyridine rings is 1. The number of para-hydroxylation sites is 1. The average molecular weight is 318 g/mol. The highest BCUT2D eigenvalue weighted by atomic mass is 32.2. The van der Waals surface area contributed by atoms with Gasteiger partial charge in [0.2, 0.25) is 0 Å². The highest BCUT2D eigenvalue weighted by molar-refractivity contribution is 7.90. The van der Waals surface area contributed by atoms with Crippen molar-refractivity contribution in [3.05, 3.63) is 58.9 Å². The Kier molecular flexibility index (Phi) is 3.44. The van der Waals surface area contributed by atoms with Crippen LogP contribution in [-0.2, 0) is 10.0 Å². The summed E-state index contributed by atoms with van der Waals surface area (Å²) >= 11 is 1.18. The molecule has 1 amide bonds. The second kappa shape index (κ2) is 5.27. The van der Waals surface area contributed by atoms with Gasteiger partial charge in [-0.1, -0.05) is 24.3 Å². The van der Waals surface area contributed by atoms with Gasteiger partial charge in [0.1, 0.15) is 4.90 Å². The van der Waals surface area contributed by atoms with E-state index in [0.29, 0.717) is 15.8 Å². The first-order valence-electron chi connectivity index (χ1n) is 6.02. The molecule has 3 aromatic rings. The highest BCUT2D eigenvalue weighted by Crippen LogP contribution is 2.21. The summed E-state index contributed by atoms with van der Waals surface area (Å²) in [4.78, 5) is 16.4. The van der Waals surface area contributed by atoms with Gasteiger partial charge in [0.25, 0.3) is 15.9 Å². The summed E-state index contributed by atoms with van der Waals surface area (Å²) in [6.45, 7) is 0. The zero-order valence-electron chi connectivity index (χ0n) is 10.7. The number of carbonyl (C=O) groups is 1. The van der Waals surface area contributed by atoms with Gasteiger partial charge in [0.05, 0.1) is 10.4 Å². The van der Waals surface area contributed by atoms with Crippen LogP contribution in [0.5, 0.6) is 0 Å². The van der Waals surface area contributed by atoms with Crippen molar-refractivity contribution >= 4 is 38.2 Å². The van der Waals surface area contributed by atoms with Crippen molar-refractivity contribution in [2.45, 2.75) is 4.90 Å². The lowest BCUT2D eigenvalue weighted by atomic mass is 10.2. The molecule has 106 valence electrons. The zero-order valence-corrected chi connectivity index (χ0v) is 12.3. The van der Waals surface area contributed by atoms with Crippen LogP contribution in [0.1, 0.15) is 9.67 Å². The van der Waals surface area contributed by atoms with E-state index >= 15 is 0 Å². The van der Waals surface area contributed by atoms with Gasteiger partial charge in [0.15, 0.2) is 0 Å². The number of thiophene rings is 1. The lowest BCUT2D eigenvalue weighted by Crippen LogP contribution is -2.30. The van der Waals surface area contributed by atoms with E-state index in [0.717, 1.165) is 0 Å². The zero-order chi connectivity index (χ0) is 14.9. The molecule has 1 N–H and O–H groups in total. The number of nitrogens with zero attached hydrogens (tertiary/aromatic N) is 1. The Morgan fingerprint density at radius 1 is 1.10 bits per heavy atom. The molecule has 3 rings (SSSR count). The largest absolute Gasteiger partial charge is 0.275 e. The Morgan fingerprint density at radius 3 is 2.67 bits per heavy atom. The Morgan fingerprint density at radius 2 is 1.90 bits per heavy atom. The van der Waals surface area contributed by atoms with E-state index < -0.39 is 15.9 Å². The molecule has 2 aromatic heterocycles. The SMILES string of the molecule is O=C(NS(=O)(=O)c1cccc2cccnc12)c1cccs1. The molecule has 7 heteroatoms. The fourth-order valence-corrected chi connectivity index (χ4v) is 3.76. The molecule has 0 radical (unpaired) electrons. The number of hydrogen-bond donors (Lipinski definition) is 1. The van der Waals surface area contributed by atoms with E-state index in [9.17, 15) is 13.2 Å². The second-order valence-corrected chi connectivity index (χ2v) is 6.84. The molecule has 0 aliphatic rings. The molecule has 0 bridgehead atoms. The minimum absolute atomic E-state index is 0.00879. The van der Waals surface area contributed by atoms with Gasteiger partial charge in [-0.15, -0.1) is 11.3 Å². The maximum Gasteiger partial charge on any atom is 0.275 e. The van der Waals surface area contributed by atoms with Gasteiger partial charge < -0.3 is 0 Å². The first-order chi connectivity index (χ1) is 10.1. The number of hydrogen-bond acceptors (Lipinski definition) is 5. The maximum absolute atomic E-state index is 12.4. The molecule has 0 aliphatic heterocycles. The highest BCUT2D eigenvalue weighted by Gasteiger charge is 2.21. The summed E-state index contributed by atoms with van der Waals surface area (Å²) in [6.07, 6.45) is 1.52. The molecule has 21 heavy (non-hydrogen) atoms. The number of carbonyl (C=O) groups excluding carboxylic acids is 1. The molecule has 2 heterocycles. The molecule has 0 atom stereocenters.